The molecule has 0 unspecified atom stereocenters. The number of ether oxygens (including phenoxy) is 1. The van der Waals surface area contributed by atoms with Crippen molar-refractivity contribution < 1.29 is 22.7 Å². The van der Waals surface area contributed by atoms with Crippen molar-refractivity contribution in [3.63, 3.8) is 0 Å². The zero-order valence-corrected chi connectivity index (χ0v) is 18.7. The fraction of sp³-hybridized carbons (Fsp3) is 0.391. The highest BCUT2D eigenvalue weighted by Crippen LogP contribution is 2.23. The van der Waals surface area contributed by atoms with Crippen LogP contribution in [-0.4, -0.2) is 44.3 Å². The van der Waals surface area contributed by atoms with E-state index in [1.165, 1.54) is 16.4 Å². The number of esters is 1. The van der Waals surface area contributed by atoms with Crippen molar-refractivity contribution in [1.29, 1.82) is 0 Å². The molecule has 0 spiro atoms. The molecule has 1 atom stereocenters. The summed E-state index contributed by atoms with van der Waals surface area (Å²) in [4.78, 5) is 24.8. The van der Waals surface area contributed by atoms with Crippen LogP contribution in [0, 0.1) is 6.92 Å². The number of nitrogens with zero attached hydrogens (tertiary/aromatic N) is 1. The summed E-state index contributed by atoms with van der Waals surface area (Å²) in [5.41, 5.74) is 1.66. The third-order valence-electron chi connectivity index (χ3n) is 5.39. The third kappa shape index (κ3) is 5.71. The lowest BCUT2D eigenvalue weighted by Crippen LogP contribution is -2.35. The number of sulfonamides is 1. The largest absolute Gasteiger partial charge is 0.452 e. The van der Waals surface area contributed by atoms with E-state index in [-0.39, 0.29) is 16.5 Å². The molecular weight excluding hydrogens is 416 g/mol. The summed E-state index contributed by atoms with van der Waals surface area (Å²) in [6, 6.07) is 13.6. The second kappa shape index (κ2) is 10.1. The quantitative estimate of drug-likeness (QED) is 0.662. The second-order valence-corrected chi connectivity index (χ2v) is 9.66. The lowest BCUT2D eigenvalue weighted by molar-refractivity contribution is -0.124. The summed E-state index contributed by atoms with van der Waals surface area (Å²) >= 11 is 0. The van der Waals surface area contributed by atoms with Gasteiger partial charge in [0.15, 0.2) is 6.61 Å². The molecular formula is C23H28N2O5S. The number of benzene rings is 2. The van der Waals surface area contributed by atoms with E-state index in [1.807, 2.05) is 37.3 Å². The van der Waals surface area contributed by atoms with Crippen molar-refractivity contribution in [1.82, 2.24) is 9.62 Å². The summed E-state index contributed by atoms with van der Waals surface area (Å²) in [7, 11) is -3.67. The standard InChI is InChI=1S/C23H28N2O5S/c1-17-11-12-20(31(28,29)25-13-7-4-8-14-25)15-21(17)23(27)30-16-22(26)24-18(2)19-9-5-3-6-10-19/h3,5-6,9-12,15,18H,4,7-8,13-14,16H2,1-2H3,(H,24,26)/t18-/m0/s1. The minimum atomic E-state index is -3.67. The Kier molecular flexibility index (Phi) is 7.46. The molecule has 1 N–H and O–H groups in total. The number of aryl methyl sites for hydroxylation is 1. The molecule has 166 valence electrons. The number of hydrogen-bond donors (Lipinski definition) is 1. The van der Waals surface area contributed by atoms with Crippen LogP contribution in [0.1, 0.15) is 53.7 Å². The van der Waals surface area contributed by atoms with Gasteiger partial charge in [-0.05, 0) is 49.9 Å². The van der Waals surface area contributed by atoms with Crippen LogP contribution in [0.3, 0.4) is 0 Å². The predicted octanol–water partition coefficient (Wildman–Crippen LogP) is 3.20. The van der Waals surface area contributed by atoms with Crippen LogP contribution in [0.4, 0.5) is 0 Å². The van der Waals surface area contributed by atoms with Crippen LogP contribution in [0.15, 0.2) is 53.4 Å². The van der Waals surface area contributed by atoms with Gasteiger partial charge in [-0.15, -0.1) is 0 Å². The Labute approximate surface area is 183 Å². The average Bonchev–Trinajstić information content (AvgIpc) is 2.78. The number of hydrogen-bond acceptors (Lipinski definition) is 5. The highest BCUT2D eigenvalue weighted by molar-refractivity contribution is 7.89. The normalized spacial score (nSPS) is 15.8. The van der Waals surface area contributed by atoms with Gasteiger partial charge in [0.1, 0.15) is 0 Å². The van der Waals surface area contributed by atoms with E-state index >= 15 is 0 Å². The minimum Gasteiger partial charge on any atom is -0.452 e. The second-order valence-electron chi connectivity index (χ2n) is 7.72. The van der Waals surface area contributed by atoms with Crippen molar-refractivity contribution >= 4 is 21.9 Å². The molecule has 2 aromatic rings. The molecule has 1 amide bonds. The van der Waals surface area contributed by atoms with Gasteiger partial charge in [0.05, 0.1) is 16.5 Å². The molecule has 7 nitrogen and oxygen atoms in total. The average molecular weight is 445 g/mol. The Morgan fingerprint density at radius 3 is 2.42 bits per heavy atom. The van der Waals surface area contributed by atoms with Gasteiger partial charge in [-0.25, -0.2) is 13.2 Å². The van der Waals surface area contributed by atoms with Gasteiger partial charge in [-0.2, -0.15) is 4.31 Å². The van der Waals surface area contributed by atoms with E-state index in [1.54, 1.807) is 13.0 Å². The lowest BCUT2D eigenvalue weighted by atomic mass is 10.1. The highest BCUT2D eigenvalue weighted by Gasteiger charge is 2.27. The fourth-order valence-corrected chi connectivity index (χ4v) is 5.10. The molecule has 1 heterocycles. The molecule has 0 aliphatic carbocycles. The maximum absolute atomic E-state index is 12.9. The first-order valence-electron chi connectivity index (χ1n) is 10.4. The molecule has 1 saturated heterocycles. The minimum absolute atomic E-state index is 0.0640. The fourth-order valence-electron chi connectivity index (χ4n) is 3.55. The van der Waals surface area contributed by atoms with E-state index in [9.17, 15) is 18.0 Å². The van der Waals surface area contributed by atoms with Gasteiger partial charge >= 0.3 is 5.97 Å². The molecule has 0 bridgehead atoms. The van der Waals surface area contributed by atoms with E-state index in [2.05, 4.69) is 5.32 Å². The number of amides is 1. The van der Waals surface area contributed by atoms with Gasteiger partial charge in [0.25, 0.3) is 5.91 Å². The SMILES string of the molecule is Cc1ccc(S(=O)(=O)N2CCCCC2)cc1C(=O)OCC(=O)N[C@@H](C)c1ccccc1. The van der Waals surface area contributed by atoms with E-state index in [0.717, 1.165) is 24.8 Å². The number of rotatable bonds is 7. The Morgan fingerprint density at radius 1 is 1.06 bits per heavy atom. The van der Waals surface area contributed by atoms with E-state index < -0.39 is 28.5 Å². The molecule has 1 fully saturated rings. The van der Waals surface area contributed by atoms with Crippen molar-refractivity contribution in [3.05, 3.63) is 65.2 Å². The molecule has 3 rings (SSSR count). The third-order valence-corrected chi connectivity index (χ3v) is 7.29. The highest BCUT2D eigenvalue weighted by atomic mass is 32.2. The van der Waals surface area contributed by atoms with Crippen molar-refractivity contribution in [2.75, 3.05) is 19.7 Å². The number of piperidine rings is 1. The smallest absolute Gasteiger partial charge is 0.338 e. The van der Waals surface area contributed by atoms with Crippen LogP contribution >= 0.6 is 0 Å². The first-order valence-corrected chi connectivity index (χ1v) is 11.9. The molecule has 8 heteroatoms. The molecule has 0 aromatic heterocycles. The van der Waals surface area contributed by atoms with Crippen LogP contribution in [0.2, 0.25) is 0 Å². The van der Waals surface area contributed by atoms with Gasteiger partial charge in [-0.1, -0.05) is 42.8 Å². The zero-order valence-electron chi connectivity index (χ0n) is 17.8. The van der Waals surface area contributed by atoms with Gasteiger partial charge < -0.3 is 10.1 Å². The van der Waals surface area contributed by atoms with Crippen LogP contribution in [0.5, 0.6) is 0 Å². The summed E-state index contributed by atoms with van der Waals surface area (Å²) in [5.74, 6) is -1.16. The topological polar surface area (TPSA) is 92.8 Å². The van der Waals surface area contributed by atoms with E-state index in [4.69, 9.17) is 4.74 Å². The monoisotopic (exact) mass is 444 g/mol. The van der Waals surface area contributed by atoms with Crippen molar-refractivity contribution in [3.8, 4) is 0 Å². The molecule has 2 aromatic carbocycles. The van der Waals surface area contributed by atoms with Crippen molar-refractivity contribution in [2.24, 2.45) is 0 Å². The first-order chi connectivity index (χ1) is 14.8. The molecule has 1 aliphatic heterocycles. The summed E-state index contributed by atoms with van der Waals surface area (Å²) in [6.45, 7) is 4.06. The maximum Gasteiger partial charge on any atom is 0.338 e. The predicted molar refractivity (Wildman–Crippen MR) is 117 cm³/mol. The van der Waals surface area contributed by atoms with Crippen LogP contribution < -0.4 is 5.32 Å². The number of carbonyl (C=O) groups is 2. The van der Waals surface area contributed by atoms with Gasteiger partial charge in [-0.3, -0.25) is 4.79 Å². The molecule has 0 saturated carbocycles. The van der Waals surface area contributed by atoms with Crippen LogP contribution in [-0.2, 0) is 19.6 Å². The Morgan fingerprint density at radius 2 is 1.74 bits per heavy atom. The summed E-state index contributed by atoms with van der Waals surface area (Å²) < 4.78 is 32.4. The van der Waals surface area contributed by atoms with Crippen LogP contribution in [0.25, 0.3) is 0 Å². The Balaban J connectivity index is 1.65. The molecule has 31 heavy (non-hydrogen) atoms. The number of carbonyl (C=O) groups excluding carboxylic acids is 2. The Hall–Kier alpha value is -2.71. The van der Waals surface area contributed by atoms with Gasteiger partial charge in [0.2, 0.25) is 10.0 Å². The Bertz CT molecular complexity index is 1030. The zero-order chi connectivity index (χ0) is 22.4. The summed E-state index contributed by atoms with van der Waals surface area (Å²) in [6.07, 6.45) is 2.68. The number of nitrogens with one attached hydrogen (secondary N) is 1. The van der Waals surface area contributed by atoms with E-state index in [0.29, 0.717) is 18.7 Å². The van der Waals surface area contributed by atoms with Crippen molar-refractivity contribution in [2.45, 2.75) is 44.0 Å². The van der Waals surface area contributed by atoms with Gasteiger partial charge in [0, 0.05) is 13.1 Å². The molecule has 1 aliphatic rings. The first kappa shape index (κ1) is 23.0. The maximum atomic E-state index is 12.9. The molecule has 0 radical (unpaired) electrons. The summed E-state index contributed by atoms with van der Waals surface area (Å²) in [5, 5.41) is 2.78. The lowest BCUT2D eigenvalue weighted by Gasteiger charge is -2.26.